The van der Waals surface area contributed by atoms with Crippen LogP contribution in [0.1, 0.15) is 31.2 Å². The van der Waals surface area contributed by atoms with Crippen LogP contribution in [0.3, 0.4) is 0 Å². The molecule has 2 aliphatic rings. The van der Waals surface area contributed by atoms with Gasteiger partial charge in [-0.3, -0.25) is 9.69 Å². The number of rotatable bonds is 5. The van der Waals surface area contributed by atoms with Crippen LogP contribution in [0.5, 0.6) is 0 Å². The third-order valence-corrected chi connectivity index (χ3v) is 5.28. The van der Waals surface area contributed by atoms with Crippen molar-refractivity contribution >= 4 is 17.5 Å². The van der Waals surface area contributed by atoms with Crippen molar-refractivity contribution in [3.05, 3.63) is 34.6 Å². The van der Waals surface area contributed by atoms with Crippen molar-refractivity contribution in [1.82, 2.24) is 10.2 Å². The van der Waals surface area contributed by atoms with Gasteiger partial charge in [0, 0.05) is 36.2 Å². The summed E-state index contributed by atoms with van der Waals surface area (Å²) >= 11 is 6.09. The minimum Gasteiger partial charge on any atom is -0.376 e. The average molecular weight is 355 g/mol. The van der Waals surface area contributed by atoms with Gasteiger partial charge >= 0.3 is 0 Å². The van der Waals surface area contributed by atoms with Gasteiger partial charge in [-0.1, -0.05) is 17.7 Å². The number of likely N-dealkylation sites (tertiary alicyclic amines) is 1. The Morgan fingerprint density at radius 3 is 2.79 bits per heavy atom. The highest BCUT2D eigenvalue weighted by molar-refractivity contribution is 6.31. The Kier molecular flexibility index (Phi) is 6.09. The van der Waals surface area contributed by atoms with Crippen LogP contribution < -0.4 is 5.32 Å². The molecule has 2 aliphatic heterocycles. The molecule has 3 rings (SSSR count). The predicted molar refractivity (Wildman–Crippen MR) is 91.4 cm³/mol. The minimum absolute atomic E-state index is 0.0405. The van der Waals surface area contributed by atoms with Gasteiger partial charge in [0.1, 0.15) is 5.82 Å². The molecule has 0 aromatic heterocycles. The number of benzene rings is 1. The summed E-state index contributed by atoms with van der Waals surface area (Å²) in [6.45, 7) is 3.47. The molecule has 24 heavy (non-hydrogen) atoms. The fourth-order valence-electron chi connectivity index (χ4n) is 3.42. The molecule has 0 saturated carbocycles. The molecule has 2 fully saturated rings. The third kappa shape index (κ3) is 4.47. The normalized spacial score (nSPS) is 22.7. The summed E-state index contributed by atoms with van der Waals surface area (Å²) in [6, 6.07) is 4.77. The maximum absolute atomic E-state index is 13.9. The van der Waals surface area contributed by atoms with Gasteiger partial charge in [0.15, 0.2) is 0 Å². The number of carbonyl (C=O) groups is 1. The first-order valence-corrected chi connectivity index (χ1v) is 9.06. The molecule has 1 unspecified atom stereocenters. The highest BCUT2D eigenvalue weighted by atomic mass is 35.5. The van der Waals surface area contributed by atoms with Gasteiger partial charge in [0.05, 0.1) is 6.10 Å². The number of amides is 1. The molecule has 1 amide bonds. The second-order valence-electron chi connectivity index (χ2n) is 6.63. The number of piperidine rings is 1. The molecule has 1 aromatic rings. The van der Waals surface area contributed by atoms with Gasteiger partial charge < -0.3 is 10.1 Å². The zero-order valence-electron chi connectivity index (χ0n) is 13.8. The van der Waals surface area contributed by atoms with E-state index in [1.54, 1.807) is 12.1 Å². The fraction of sp³-hybridized carbons (Fsp3) is 0.611. The Morgan fingerprint density at radius 1 is 1.33 bits per heavy atom. The van der Waals surface area contributed by atoms with Crippen molar-refractivity contribution in [2.24, 2.45) is 5.92 Å². The molecule has 132 valence electrons. The first-order chi connectivity index (χ1) is 11.6. The maximum Gasteiger partial charge on any atom is 0.223 e. The Bertz CT molecular complexity index is 550. The van der Waals surface area contributed by atoms with Crippen LogP contribution in [0.15, 0.2) is 18.2 Å². The van der Waals surface area contributed by atoms with Gasteiger partial charge in [0.25, 0.3) is 0 Å². The second kappa shape index (κ2) is 8.28. The quantitative estimate of drug-likeness (QED) is 0.883. The molecule has 1 N–H and O–H groups in total. The highest BCUT2D eigenvalue weighted by Gasteiger charge is 2.26. The molecule has 0 aliphatic carbocycles. The van der Waals surface area contributed by atoms with E-state index in [1.165, 1.54) is 6.07 Å². The second-order valence-corrected chi connectivity index (χ2v) is 7.04. The zero-order chi connectivity index (χ0) is 16.9. The predicted octanol–water partition coefficient (Wildman–Crippen LogP) is 2.99. The number of halogens is 2. The Hall–Kier alpha value is -1.17. The van der Waals surface area contributed by atoms with Crippen molar-refractivity contribution in [2.75, 3.05) is 26.2 Å². The molecule has 6 heteroatoms. The van der Waals surface area contributed by atoms with Crippen LogP contribution in [-0.4, -0.2) is 43.2 Å². The van der Waals surface area contributed by atoms with Crippen molar-refractivity contribution in [3.8, 4) is 0 Å². The number of hydrogen-bond donors (Lipinski definition) is 1. The molecule has 1 aromatic carbocycles. The summed E-state index contributed by atoms with van der Waals surface area (Å²) in [5.41, 5.74) is 0.542. The smallest absolute Gasteiger partial charge is 0.223 e. The lowest BCUT2D eigenvalue weighted by atomic mass is 9.95. The van der Waals surface area contributed by atoms with Crippen molar-refractivity contribution < 1.29 is 13.9 Å². The minimum atomic E-state index is -0.265. The van der Waals surface area contributed by atoms with E-state index in [9.17, 15) is 9.18 Å². The highest BCUT2D eigenvalue weighted by Crippen LogP contribution is 2.24. The van der Waals surface area contributed by atoms with Crippen LogP contribution >= 0.6 is 11.6 Å². The summed E-state index contributed by atoms with van der Waals surface area (Å²) in [6.07, 6.45) is 3.88. The molecule has 2 heterocycles. The summed E-state index contributed by atoms with van der Waals surface area (Å²) in [5, 5.41) is 3.48. The van der Waals surface area contributed by atoms with E-state index in [1.807, 2.05) is 0 Å². The van der Waals surface area contributed by atoms with E-state index < -0.39 is 0 Å². The Labute approximate surface area is 147 Å². The number of hydrogen-bond acceptors (Lipinski definition) is 3. The summed E-state index contributed by atoms with van der Waals surface area (Å²) in [5.74, 6) is -0.105. The van der Waals surface area contributed by atoms with Crippen molar-refractivity contribution in [2.45, 2.75) is 38.3 Å². The molecule has 4 nitrogen and oxygen atoms in total. The molecule has 0 radical (unpaired) electrons. The van der Waals surface area contributed by atoms with Crippen molar-refractivity contribution in [3.63, 3.8) is 0 Å². The lowest BCUT2D eigenvalue weighted by Gasteiger charge is -2.31. The van der Waals surface area contributed by atoms with Crippen LogP contribution in [0.2, 0.25) is 5.02 Å². The van der Waals surface area contributed by atoms with Gasteiger partial charge in [-0.2, -0.15) is 0 Å². The van der Waals surface area contributed by atoms with Crippen LogP contribution in [0, 0.1) is 11.7 Å². The number of carbonyl (C=O) groups excluding carboxylic acids is 1. The number of nitrogens with zero attached hydrogens (tertiary/aromatic N) is 1. The van der Waals surface area contributed by atoms with Crippen molar-refractivity contribution in [1.29, 1.82) is 0 Å². The van der Waals surface area contributed by atoms with E-state index in [-0.39, 0.29) is 23.7 Å². The lowest BCUT2D eigenvalue weighted by Crippen LogP contribution is -2.42. The topological polar surface area (TPSA) is 41.6 Å². The molecular weight excluding hydrogens is 331 g/mol. The molecule has 1 atom stereocenters. The van der Waals surface area contributed by atoms with Gasteiger partial charge in [0.2, 0.25) is 5.91 Å². The molecule has 0 bridgehead atoms. The van der Waals surface area contributed by atoms with Crippen LogP contribution in [0.4, 0.5) is 4.39 Å². The standard InChI is InChI=1S/C18H24ClFN2O2/c19-16-4-1-5-17(20)15(16)12-22-8-6-13(7-9-22)18(23)21-11-14-3-2-10-24-14/h1,4-5,13-14H,2-3,6-12H2,(H,21,23). The van der Waals surface area contributed by atoms with E-state index in [0.29, 0.717) is 23.7 Å². The average Bonchev–Trinajstić information content (AvgIpc) is 3.10. The lowest BCUT2D eigenvalue weighted by molar-refractivity contribution is -0.127. The summed E-state index contributed by atoms with van der Waals surface area (Å²) in [4.78, 5) is 14.4. The van der Waals surface area contributed by atoms with E-state index in [2.05, 4.69) is 10.2 Å². The molecule has 2 saturated heterocycles. The van der Waals surface area contributed by atoms with E-state index in [4.69, 9.17) is 16.3 Å². The third-order valence-electron chi connectivity index (χ3n) is 4.93. The van der Waals surface area contributed by atoms with Gasteiger partial charge in [-0.05, 0) is 50.9 Å². The van der Waals surface area contributed by atoms with E-state index in [0.717, 1.165) is 45.4 Å². The summed E-state index contributed by atoms with van der Waals surface area (Å²) in [7, 11) is 0. The van der Waals surface area contributed by atoms with Crippen LogP contribution in [0.25, 0.3) is 0 Å². The molecule has 0 spiro atoms. The monoisotopic (exact) mass is 354 g/mol. The SMILES string of the molecule is O=C(NCC1CCCO1)C1CCN(Cc2c(F)cccc2Cl)CC1. The number of nitrogens with one attached hydrogen (secondary N) is 1. The van der Waals surface area contributed by atoms with Gasteiger partial charge in [-0.25, -0.2) is 4.39 Å². The Balaban J connectivity index is 1.44. The largest absolute Gasteiger partial charge is 0.376 e. The zero-order valence-corrected chi connectivity index (χ0v) is 14.5. The van der Waals surface area contributed by atoms with Crippen LogP contribution in [-0.2, 0) is 16.1 Å². The first kappa shape index (κ1) is 17.6. The van der Waals surface area contributed by atoms with E-state index >= 15 is 0 Å². The molecular formula is C18H24ClFN2O2. The number of ether oxygens (including phenoxy) is 1. The van der Waals surface area contributed by atoms with Gasteiger partial charge in [-0.15, -0.1) is 0 Å². The maximum atomic E-state index is 13.9. The summed E-state index contributed by atoms with van der Waals surface area (Å²) < 4.78 is 19.4. The first-order valence-electron chi connectivity index (χ1n) is 8.68. The Morgan fingerprint density at radius 2 is 2.12 bits per heavy atom. The fourth-order valence-corrected chi connectivity index (χ4v) is 3.65.